The van der Waals surface area contributed by atoms with Crippen LogP contribution in [0.5, 0.6) is 17.2 Å². The lowest BCUT2D eigenvalue weighted by atomic mass is 9.72. The third-order valence-corrected chi connectivity index (χ3v) is 14.5. The number of nitrogens with one attached hydrogen (secondary N) is 3. The van der Waals surface area contributed by atoms with Crippen molar-refractivity contribution in [1.82, 2.24) is 25.8 Å². The molecule has 0 radical (unpaired) electrons. The number of aliphatic hydroxyl groups is 3. The molecule has 23 nitrogen and oxygen atoms in total. The molecule has 2 aliphatic carbocycles. The minimum atomic E-state index is -2.42. The van der Waals surface area contributed by atoms with Gasteiger partial charge in [-0.2, -0.15) is 0 Å². The molecule has 23 heteroatoms. The molecular weight excluding hydrogens is 971 g/mol. The minimum Gasteiger partial charge on any atom is -0.507 e. The summed E-state index contributed by atoms with van der Waals surface area (Å²) in [5.41, 5.74) is -3.23. The molecule has 3 heterocycles. The van der Waals surface area contributed by atoms with Crippen LogP contribution in [0.25, 0.3) is 0 Å². The zero-order valence-electron chi connectivity index (χ0n) is 40.6. The van der Waals surface area contributed by atoms with E-state index in [1.165, 1.54) is 49.0 Å². The Labute approximate surface area is 422 Å². The summed E-state index contributed by atoms with van der Waals surface area (Å²) >= 11 is 0. The number of carboxylic acids is 1. The monoisotopic (exact) mass is 1030 g/mol. The van der Waals surface area contributed by atoms with Crippen molar-refractivity contribution >= 4 is 52.9 Å². The predicted octanol–water partition coefficient (Wildman–Crippen LogP) is -0.759. The SMILES string of the molecule is COc1cccc2c1C(=O)c1c(O)c3c(c(O)c1C2=O)C[C@@](O)(C(=O)CO)C[C@@H]3O[C@H]1C[C@H](NC(=O)[C@@H]2CCCN2C(=O)CNC(=O)[C@H](C)NC(=O)[C@@H]2CCN2C(=O)Cc2ccc(CC(=O)O)cc2)[C@H](O)[C@H](C)O1. The van der Waals surface area contributed by atoms with Gasteiger partial charge in [-0.3, -0.25) is 43.2 Å². The van der Waals surface area contributed by atoms with Gasteiger partial charge in [-0.05, 0) is 50.3 Å². The smallest absolute Gasteiger partial charge is 0.307 e. The highest BCUT2D eigenvalue weighted by molar-refractivity contribution is 6.31. The summed E-state index contributed by atoms with van der Waals surface area (Å²) in [5.74, 6) is -8.22. The molecule has 9 N–H and O–H groups in total. The topological polar surface area (TPSA) is 345 Å². The Hall–Kier alpha value is -7.31. The number of hydrogen-bond acceptors (Lipinski definition) is 17. The Morgan fingerprint density at radius 1 is 0.865 bits per heavy atom. The largest absolute Gasteiger partial charge is 0.507 e. The van der Waals surface area contributed by atoms with E-state index in [1.54, 1.807) is 24.3 Å². The lowest BCUT2D eigenvalue weighted by molar-refractivity contribution is -0.249. The summed E-state index contributed by atoms with van der Waals surface area (Å²) in [7, 11) is 1.28. The molecule has 3 fully saturated rings. The van der Waals surface area contributed by atoms with Gasteiger partial charge in [0.05, 0.1) is 61.4 Å². The van der Waals surface area contributed by atoms with E-state index in [4.69, 9.17) is 19.3 Å². The fourth-order valence-corrected chi connectivity index (χ4v) is 10.5. The Morgan fingerprint density at radius 3 is 2.18 bits per heavy atom. The van der Waals surface area contributed by atoms with Gasteiger partial charge in [0.15, 0.2) is 17.9 Å². The lowest BCUT2D eigenvalue weighted by Crippen LogP contribution is -2.61. The molecule has 74 heavy (non-hydrogen) atoms. The first kappa shape index (κ1) is 53.0. The number of methoxy groups -OCH3 is 1. The van der Waals surface area contributed by atoms with Gasteiger partial charge >= 0.3 is 5.97 Å². The molecule has 0 unspecified atom stereocenters. The molecule has 3 aromatic carbocycles. The van der Waals surface area contributed by atoms with Gasteiger partial charge in [0.1, 0.15) is 53.7 Å². The predicted molar refractivity (Wildman–Crippen MR) is 253 cm³/mol. The maximum absolute atomic E-state index is 14.1. The third kappa shape index (κ3) is 10.2. The number of benzene rings is 3. The minimum absolute atomic E-state index is 0.0165. The first-order valence-electron chi connectivity index (χ1n) is 24.2. The number of likely N-dealkylation sites (tertiary alicyclic amines) is 2. The molecule has 5 amide bonds. The maximum Gasteiger partial charge on any atom is 0.307 e. The number of carbonyl (C=O) groups is 9. The summed E-state index contributed by atoms with van der Waals surface area (Å²) in [6.07, 6.45) is -6.13. The lowest BCUT2D eigenvalue weighted by Gasteiger charge is -2.43. The number of amides is 5. The van der Waals surface area contributed by atoms with Crippen LogP contribution in [-0.4, -0.2) is 175 Å². The van der Waals surface area contributed by atoms with Gasteiger partial charge in [-0.1, -0.05) is 36.4 Å². The molecular formula is C51H57N5O18. The average molecular weight is 1030 g/mol. The first-order valence-corrected chi connectivity index (χ1v) is 24.2. The molecule has 3 saturated heterocycles. The van der Waals surface area contributed by atoms with E-state index < -0.39 is 150 Å². The number of aliphatic hydroxyl groups excluding tert-OH is 2. The number of carboxylic acid groups (broad SMARTS) is 1. The van der Waals surface area contributed by atoms with E-state index in [-0.39, 0.29) is 66.1 Å². The van der Waals surface area contributed by atoms with Crippen molar-refractivity contribution in [3.63, 3.8) is 0 Å². The molecule has 3 aliphatic heterocycles. The van der Waals surface area contributed by atoms with Crippen LogP contribution in [0.3, 0.4) is 0 Å². The molecule has 0 spiro atoms. The number of fused-ring (bicyclic) bond motifs is 3. The van der Waals surface area contributed by atoms with Crippen LogP contribution >= 0.6 is 0 Å². The van der Waals surface area contributed by atoms with Crippen molar-refractivity contribution in [2.24, 2.45) is 0 Å². The van der Waals surface area contributed by atoms with E-state index >= 15 is 0 Å². The van der Waals surface area contributed by atoms with Crippen LogP contribution in [0, 0.1) is 0 Å². The second kappa shape index (κ2) is 21.3. The van der Waals surface area contributed by atoms with Crippen LogP contribution < -0.4 is 20.7 Å². The third-order valence-electron chi connectivity index (χ3n) is 14.5. The highest BCUT2D eigenvalue weighted by Gasteiger charge is 2.51. The molecule has 8 rings (SSSR count). The Morgan fingerprint density at radius 2 is 1.53 bits per heavy atom. The molecule has 0 bridgehead atoms. The number of carbonyl (C=O) groups excluding carboxylic acids is 8. The van der Waals surface area contributed by atoms with Crippen molar-refractivity contribution in [2.75, 3.05) is 33.4 Å². The van der Waals surface area contributed by atoms with Gasteiger partial charge in [-0.25, -0.2) is 0 Å². The van der Waals surface area contributed by atoms with Gasteiger partial charge in [-0.15, -0.1) is 0 Å². The summed E-state index contributed by atoms with van der Waals surface area (Å²) in [4.78, 5) is 121. The fourth-order valence-electron chi connectivity index (χ4n) is 10.5. The first-order chi connectivity index (χ1) is 35.2. The van der Waals surface area contributed by atoms with Crippen LogP contribution in [0.1, 0.15) is 106 Å². The van der Waals surface area contributed by atoms with Crippen molar-refractivity contribution < 1.29 is 88.0 Å². The molecule has 3 aromatic rings. The Bertz CT molecular complexity index is 2820. The summed E-state index contributed by atoms with van der Waals surface area (Å²) in [6, 6.07) is 6.69. The number of ketones is 3. The van der Waals surface area contributed by atoms with Crippen LogP contribution in [0.2, 0.25) is 0 Å². The van der Waals surface area contributed by atoms with Crippen LogP contribution in [0.4, 0.5) is 0 Å². The van der Waals surface area contributed by atoms with E-state index in [1.807, 2.05) is 0 Å². The molecule has 0 saturated carbocycles. The second-order valence-electron chi connectivity index (χ2n) is 19.3. The number of phenolic OH excluding ortho intramolecular Hbond substituents is 2. The number of hydrogen-bond donors (Lipinski definition) is 9. The standard InChI is InChI=1S/C51H57N5O18/c1-23(53-49(69)31-13-15-56(31)35(59)16-25-9-11-26(12-10-25)17-37(61)62)48(68)52-21-36(60)55-14-5-7-30(55)50(70)54-29-18-38(73-24(2)43(29)63)74-33-20-51(71,34(58)22-57)19-28-40(33)47(67)42-41(45(28)65)44(64)27-6-4-8-32(72-3)39(27)46(42)66/h4,6,8-12,23-24,29-31,33,38,43,57,63,65,67,71H,5,7,13-22H2,1-3H3,(H,52,68)(H,53,69)(H,54,70)(H,61,62)/t23-,24-,29-,30-,31-,33-,38-,43+,51-/m0/s1. The number of aromatic hydroxyl groups is 2. The van der Waals surface area contributed by atoms with Gasteiger partial charge in [0, 0.05) is 49.0 Å². The van der Waals surface area contributed by atoms with Crippen molar-refractivity contribution in [3.8, 4) is 17.2 Å². The molecule has 0 aromatic heterocycles. The molecule has 5 aliphatic rings. The van der Waals surface area contributed by atoms with Gasteiger partial charge in [0.2, 0.25) is 35.3 Å². The number of ether oxygens (including phenoxy) is 3. The fraction of sp³-hybridized carbons (Fsp3) is 0.471. The molecule has 9 atom stereocenters. The molecule has 394 valence electrons. The number of nitrogens with zero attached hydrogens (tertiary/aromatic N) is 2. The van der Waals surface area contributed by atoms with Crippen LogP contribution in [-0.2, 0) is 62.3 Å². The summed E-state index contributed by atoms with van der Waals surface area (Å²) < 4.78 is 17.6. The number of rotatable bonds is 16. The summed E-state index contributed by atoms with van der Waals surface area (Å²) in [5, 5.41) is 73.2. The highest BCUT2D eigenvalue weighted by atomic mass is 16.7. The zero-order chi connectivity index (χ0) is 53.5. The zero-order valence-corrected chi connectivity index (χ0v) is 40.6. The van der Waals surface area contributed by atoms with E-state index in [9.17, 15) is 68.7 Å². The van der Waals surface area contributed by atoms with Gasteiger partial charge in [0.25, 0.3) is 0 Å². The Balaban J connectivity index is 0.893. The number of phenols is 2. The normalized spacial score (nSPS) is 25.4. The number of aliphatic carboxylic acids is 1. The number of Topliss-reactive ketones (excluding diaryl/α,β-unsaturated/α-hetero) is 1. The highest BCUT2D eigenvalue weighted by Crippen LogP contribution is 2.52. The average Bonchev–Trinajstić information content (AvgIpc) is 3.85. The van der Waals surface area contributed by atoms with Crippen molar-refractivity contribution in [2.45, 2.75) is 120 Å². The quantitative estimate of drug-likeness (QED) is 0.0623. The van der Waals surface area contributed by atoms with E-state index in [2.05, 4.69) is 16.0 Å². The van der Waals surface area contributed by atoms with Crippen molar-refractivity contribution in [3.05, 3.63) is 87.0 Å². The van der Waals surface area contributed by atoms with E-state index in [0.29, 0.717) is 30.5 Å². The maximum atomic E-state index is 14.1. The van der Waals surface area contributed by atoms with Gasteiger partial charge < -0.3 is 70.6 Å². The van der Waals surface area contributed by atoms with Crippen LogP contribution in [0.15, 0.2) is 42.5 Å². The van der Waals surface area contributed by atoms with E-state index in [0.717, 1.165) is 0 Å². The van der Waals surface area contributed by atoms with Crippen molar-refractivity contribution in [1.29, 1.82) is 0 Å². The summed E-state index contributed by atoms with van der Waals surface area (Å²) in [6.45, 7) is 1.69. The second-order valence-corrected chi connectivity index (χ2v) is 19.3. The Kier molecular flexibility index (Phi) is 15.2.